The molecule has 1 atom stereocenters. The molecule has 2 N–H and O–H groups in total. The van der Waals surface area contributed by atoms with Gasteiger partial charge in [0.25, 0.3) is 0 Å². The van der Waals surface area contributed by atoms with Crippen LogP contribution in [0.3, 0.4) is 0 Å². The highest BCUT2D eigenvalue weighted by atomic mass is 35.5. The van der Waals surface area contributed by atoms with Crippen LogP contribution in [0.4, 0.5) is 0 Å². The SMILES string of the molecule is NCC(CN1CCCCC1)c1ccc(Cl)cc1. The highest BCUT2D eigenvalue weighted by Crippen LogP contribution is 2.20. The molecule has 2 rings (SSSR count). The van der Waals surface area contributed by atoms with Crippen LogP contribution in [0.25, 0.3) is 0 Å². The predicted molar refractivity (Wildman–Crippen MR) is 73.5 cm³/mol. The van der Waals surface area contributed by atoms with Crippen LogP contribution in [0.15, 0.2) is 24.3 Å². The zero-order valence-corrected chi connectivity index (χ0v) is 11.0. The average Bonchev–Trinajstić information content (AvgIpc) is 2.38. The second-order valence-electron chi connectivity index (χ2n) is 4.85. The van der Waals surface area contributed by atoms with Crippen LogP contribution in [0, 0.1) is 0 Å². The summed E-state index contributed by atoms with van der Waals surface area (Å²) in [5.41, 5.74) is 7.21. The summed E-state index contributed by atoms with van der Waals surface area (Å²) in [6, 6.07) is 8.11. The van der Waals surface area contributed by atoms with Crippen molar-refractivity contribution in [1.29, 1.82) is 0 Å². The van der Waals surface area contributed by atoms with Crippen molar-refractivity contribution < 1.29 is 0 Å². The summed E-state index contributed by atoms with van der Waals surface area (Å²) in [6.45, 7) is 4.24. The molecule has 1 saturated heterocycles. The lowest BCUT2D eigenvalue weighted by Crippen LogP contribution is -2.35. The van der Waals surface area contributed by atoms with E-state index in [2.05, 4.69) is 17.0 Å². The van der Waals surface area contributed by atoms with E-state index >= 15 is 0 Å². The lowest BCUT2D eigenvalue weighted by Gasteiger charge is -2.30. The van der Waals surface area contributed by atoms with Gasteiger partial charge in [0.05, 0.1) is 0 Å². The molecule has 17 heavy (non-hydrogen) atoms. The molecule has 2 nitrogen and oxygen atoms in total. The van der Waals surface area contributed by atoms with Gasteiger partial charge < -0.3 is 10.6 Å². The Morgan fingerprint density at radius 2 is 1.76 bits per heavy atom. The minimum Gasteiger partial charge on any atom is -0.330 e. The molecule has 0 radical (unpaired) electrons. The molecule has 1 heterocycles. The van der Waals surface area contributed by atoms with E-state index in [4.69, 9.17) is 17.3 Å². The van der Waals surface area contributed by atoms with Crippen molar-refractivity contribution in [2.45, 2.75) is 25.2 Å². The van der Waals surface area contributed by atoms with E-state index in [1.54, 1.807) is 0 Å². The summed E-state index contributed by atoms with van der Waals surface area (Å²) in [5, 5.41) is 0.794. The first kappa shape index (κ1) is 12.9. The smallest absolute Gasteiger partial charge is 0.0406 e. The second kappa shape index (κ2) is 6.39. The molecular formula is C14H21ClN2. The molecule has 0 spiro atoms. The minimum atomic E-state index is 0.436. The minimum absolute atomic E-state index is 0.436. The molecule has 0 aliphatic carbocycles. The molecule has 0 amide bonds. The number of benzene rings is 1. The lowest BCUT2D eigenvalue weighted by atomic mass is 9.97. The van der Waals surface area contributed by atoms with Gasteiger partial charge in [0.1, 0.15) is 0 Å². The molecule has 1 fully saturated rings. The van der Waals surface area contributed by atoms with Gasteiger partial charge in [-0.05, 0) is 43.6 Å². The normalized spacial score (nSPS) is 19.2. The number of piperidine rings is 1. The van der Waals surface area contributed by atoms with Gasteiger partial charge in [-0.15, -0.1) is 0 Å². The number of nitrogens with zero attached hydrogens (tertiary/aromatic N) is 1. The lowest BCUT2D eigenvalue weighted by molar-refractivity contribution is 0.216. The first-order chi connectivity index (χ1) is 8.29. The molecule has 0 bridgehead atoms. The Morgan fingerprint density at radius 1 is 1.12 bits per heavy atom. The van der Waals surface area contributed by atoms with Crippen molar-refractivity contribution >= 4 is 11.6 Å². The average molecular weight is 253 g/mol. The van der Waals surface area contributed by atoms with Crippen molar-refractivity contribution in [2.75, 3.05) is 26.2 Å². The van der Waals surface area contributed by atoms with Crippen LogP contribution >= 0.6 is 11.6 Å². The highest BCUT2D eigenvalue weighted by Gasteiger charge is 2.16. The number of likely N-dealkylation sites (tertiary alicyclic amines) is 1. The summed E-state index contributed by atoms with van der Waals surface area (Å²) < 4.78 is 0. The van der Waals surface area contributed by atoms with Gasteiger partial charge in [-0.2, -0.15) is 0 Å². The van der Waals surface area contributed by atoms with Gasteiger partial charge in [-0.25, -0.2) is 0 Å². The monoisotopic (exact) mass is 252 g/mol. The third-order valence-corrected chi connectivity index (χ3v) is 3.81. The highest BCUT2D eigenvalue weighted by molar-refractivity contribution is 6.30. The maximum absolute atomic E-state index is 5.91. The van der Waals surface area contributed by atoms with Gasteiger partial charge in [-0.3, -0.25) is 0 Å². The Labute approximate surface area is 109 Å². The summed E-state index contributed by atoms with van der Waals surface area (Å²) in [7, 11) is 0. The number of nitrogens with two attached hydrogens (primary N) is 1. The van der Waals surface area contributed by atoms with E-state index in [1.165, 1.54) is 37.9 Å². The van der Waals surface area contributed by atoms with Crippen LogP contribution in [0.5, 0.6) is 0 Å². The van der Waals surface area contributed by atoms with Crippen molar-refractivity contribution in [3.63, 3.8) is 0 Å². The molecule has 3 heteroatoms. The number of hydrogen-bond acceptors (Lipinski definition) is 2. The van der Waals surface area contributed by atoms with Crippen molar-refractivity contribution in [3.8, 4) is 0 Å². The van der Waals surface area contributed by atoms with E-state index in [1.807, 2.05) is 12.1 Å². The molecule has 0 saturated carbocycles. The Kier molecular flexibility index (Phi) is 4.84. The van der Waals surface area contributed by atoms with Gasteiger partial charge in [0, 0.05) is 24.0 Å². The maximum atomic E-state index is 5.91. The Morgan fingerprint density at radius 3 is 2.35 bits per heavy atom. The second-order valence-corrected chi connectivity index (χ2v) is 5.28. The first-order valence-electron chi connectivity index (χ1n) is 6.47. The summed E-state index contributed by atoms with van der Waals surface area (Å²) in [6.07, 6.45) is 4.04. The maximum Gasteiger partial charge on any atom is 0.0406 e. The largest absolute Gasteiger partial charge is 0.330 e. The zero-order valence-electron chi connectivity index (χ0n) is 10.2. The predicted octanol–water partition coefficient (Wildman–Crippen LogP) is 2.87. The summed E-state index contributed by atoms with van der Waals surface area (Å²) >= 11 is 5.91. The fourth-order valence-electron chi connectivity index (χ4n) is 2.50. The third-order valence-electron chi connectivity index (χ3n) is 3.55. The van der Waals surface area contributed by atoms with Gasteiger partial charge >= 0.3 is 0 Å². The number of hydrogen-bond donors (Lipinski definition) is 1. The van der Waals surface area contributed by atoms with Crippen LogP contribution in [0.2, 0.25) is 5.02 Å². The molecule has 1 aromatic rings. The van der Waals surface area contributed by atoms with E-state index in [9.17, 15) is 0 Å². The zero-order chi connectivity index (χ0) is 12.1. The van der Waals surface area contributed by atoms with E-state index in [-0.39, 0.29) is 0 Å². The molecule has 1 unspecified atom stereocenters. The molecule has 0 aromatic heterocycles. The van der Waals surface area contributed by atoms with Crippen molar-refractivity contribution in [2.24, 2.45) is 5.73 Å². The third kappa shape index (κ3) is 3.70. The van der Waals surface area contributed by atoms with E-state index in [0.717, 1.165) is 11.6 Å². The quantitative estimate of drug-likeness (QED) is 0.893. The van der Waals surface area contributed by atoms with Crippen molar-refractivity contribution in [3.05, 3.63) is 34.9 Å². The van der Waals surface area contributed by atoms with Gasteiger partial charge in [0.2, 0.25) is 0 Å². The van der Waals surface area contributed by atoms with Gasteiger partial charge in [0.15, 0.2) is 0 Å². The fourth-order valence-corrected chi connectivity index (χ4v) is 2.63. The van der Waals surface area contributed by atoms with Gasteiger partial charge in [-0.1, -0.05) is 30.2 Å². The van der Waals surface area contributed by atoms with Crippen LogP contribution in [-0.2, 0) is 0 Å². The van der Waals surface area contributed by atoms with E-state index in [0.29, 0.717) is 12.5 Å². The number of rotatable bonds is 4. The fraction of sp³-hybridized carbons (Fsp3) is 0.571. The summed E-state index contributed by atoms with van der Waals surface area (Å²) in [4.78, 5) is 2.54. The molecule has 1 aliphatic heterocycles. The Bertz CT molecular complexity index is 331. The number of halogens is 1. The Hall–Kier alpha value is -0.570. The van der Waals surface area contributed by atoms with Crippen LogP contribution in [0.1, 0.15) is 30.7 Å². The molecular weight excluding hydrogens is 232 g/mol. The molecule has 1 aromatic carbocycles. The standard InChI is InChI=1S/C14H21ClN2/c15-14-6-4-12(5-7-14)13(10-16)11-17-8-2-1-3-9-17/h4-7,13H,1-3,8-11,16H2. The summed E-state index contributed by atoms with van der Waals surface area (Å²) in [5.74, 6) is 0.436. The topological polar surface area (TPSA) is 29.3 Å². The van der Waals surface area contributed by atoms with Crippen molar-refractivity contribution in [1.82, 2.24) is 4.90 Å². The molecule has 94 valence electrons. The van der Waals surface area contributed by atoms with E-state index < -0.39 is 0 Å². The first-order valence-corrected chi connectivity index (χ1v) is 6.85. The van der Waals surface area contributed by atoms with Crippen LogP contribution in [-0.4, -0.2) is 31.1 Å². The molecule has 1 aliphatic rings. The van der Waals surface area contributed by atoms with Crippen LogP contribution < -0.4 is 5.73 Å². The Balaban J connectivity index is 1.97.